The molecule has 0 saturated heterocycles. The third kappa shape index (κ3) is 2.80. The number of hydrogen-bond donors (Lipinski definition) is 4. The predicted octanol–water partition coefficient (Wildman–Crippen LogP) is -2.06. The average molecular weight is 279 g/mol. The van der Waals surface area contributed by atoms with Crippen LogP contribution in [0, 0.1) is 0 Å². The van der Waals surface area contributed by atoms with Crippen molar-refractivity contribution in [2.24, 2.45) is 5.73 Å². The second-order valence-electron chi connectivity index (χ2n) is 4.05. The first-order valence-corrected chi connectivity index (χ1v) is 5.65. The normalized spacial score (nSPS) is 12.2. The Hall–Kier alpha value is -2.75. The summed E-state index contributed by atoms with van der Waals surface area (Å²) >= 11 is 0. The molecule has 1 unspecified atom stereocenters. The van der Waals surface area contributed by atoms with Crippen molar-refractivity contribution in [3.8, 4) is 0 Å². The summed E-state index contributed by atoms with van der Waals surface area (Å²) in [6.45, 7) is -0.225. The summed E-state index contributed by atoms with van der Waals surface area (Å²) < 4.78 is 1.48. The smallest absolute Gasteiger partial charge is 0.322 e. The van der Waals surface area contributed by atoms with Crippen molar-refractivity contribution in [2.45, 2.75) is 12.6 Å². The first-order valence-electron chi connectivity index (χ1n) is 5.65. The molecule has 0 aliphatic heterocycles. The Balaban J connectivity index is 2.03. The van der Waals surface area contributed by atoms with Gasteiger partial charge in [-0.15, -0.1) is 0 Å². The zero-order chi connectivity index (χ0) is 14.7. The summed E-state index contributed by atoms with van der Waals surface area (Å²) in [5, 5.41) is 11.0. The highest BCUT2D eigenvalue weighted by molar-refractivity contribution is 5.83. The van der Waals surface area contributed by atoms with Crippen molar-refractivity contribution in [2.75, 3.05) is 12.3 Å². The maximum absolute atomic E-state index is 11.7. The van der Waals surface area contributed by atoms with Gasteiger partial charge in [0.2, 0.25) is 5.91 Å². The molecule has 0 aromatic carbocycles. The number of anilines is 1. The maximum atomic E-state index is 11.7. The molecule has 2 aromatic heterocycles. The lowest BCUT2D eigenvalue weighted by Crippen LogP contribution is -2.43. The number of hydrogen-bond acceptors (Lipinski definition) is 7. The largest absolute Gasteiger partial charge is 0.480 e. The Bertz CT molecular complexity index is 653. The van der Waals surface area contributed by atoms with Crippen LogP contribution in [0.15, 0.2) is 12.7 Å². The maximum Gasteiger partial charge on any atom is 0.322 e. The Kier molecular flexibility index (Phi) is 3.75. The summed E-state index contributed by atoms with van der Waals surface area (Å²) in [6, 6.07) is -1.14. The van der Waals surface area contributed by atoms with Gasteiger partial charge < -0.3 is 26.5 Å². The number of carboxylic acids is 1. The number of nitrogen functional groups attached to an aromatic ring is 1. The van der Waals surface area contributed by atoms with Crippen LogP contribution < -0.4 is 16.8 Å². The van der Waals surface area contributed by atoms with Gasteiger partial charge in [-0.3, -0.25) is 9.59 Å². The number of carbonyl (C=O) groups excluding carboxylic acids is 1. The molecule has 0 radical (unpaired) electrons. The molecule has 0 saturated carbocycles. The minimum Gasteiger partial charge on any atom is -0.480 e. The van der Waals surface area contributed by atoms with Gasteiger partial charge in [0.25, 0.3) is 0 Å². The molecule has 1 atom stereocenters. The summed E-state index contributed by atoms with van der Waals surface area (Å²) in [4.78, 5) is 34.0. The number of fused-ring (bicyclic) bond motifs is 1. The van der Waals surface area contributed by atoms with Gasteiger partial charge in [-0.25, -0.2) is 15.0 Å². The Morgan fingerprint density at radius 1 is 1.40 bits per heavy atom. The highest BCUT2D eigenvalue weighted by Gasteiger charge is 2.14. The lowest BCUT2D eigenvalue weighted by atomic mass is 10.3. The van der Waals surface area contributed by atoms with E-state index in [1.807, 2.05) is 0 Å². The number of rotatable bonds is 5. The molecular formula is C10H13N7O3. The van der Waals surface area contributed by atoms with Crippen molar-refractivity contribution in [3.63, 3.8) is 0 Å². The molecule has 0 spiro atoms. The number of amides is 1. The number of aromatic nitrogens is 4. The monoisotopic (exact) mass is 279 g/mol. The van der Waals surface area contributed by atoms with Crippen LogP contribution in [0.3, 0.4) is 0 Å². The number of carboxylic acid groups (broad SMARTS) is 1. The third-order valence-electron chi connectivity index (χ3n) is 2.58. The highest BCUT2D eigenvalue weighted by Crippen LogP contribution is 2.13. The SMILES string of the molecule is Nc1ncnc2c1ncn2CC(=O)NCC(N)C(=O)O. The van der Waals surface area contributed by atoms with Gasteiger partial charge in [0.1, 0.15) is 24.4 Å². The second kappa shape index (κ2) is 5.48. The minimum atomic E-state index is -1.18. The molecule has 6 N–H and O–H groups in total. The van der Waals surface area contributed by atoms with E-state index in [4.69, 9.17) is 16.6 Å². The van der Waals surface area contributed by atoms with E-state index >= 15 is 0 Å². The van der Waals surface area contributed by atoms with Crippen molar-refractivity contribution in [1.29, 1.82) is 0 Å². The molecule has 20 heavy (non-hydrogen) atoms. The first kappa shape index (κ1) is 13.7. The number of nitrogens with two attached hydrogens (primary N) is 2. The molecule has 10 heteroatoms. The Morgan fingerprint density at radius 2 is 2.15 bits per heavy atom. The molecular weight excluding hydrogens is 266 g/mol. The van der Waals surface area contributed by atoms with Crippen LogP contribution in [0.1, 0.15) is 0 Å². The third-order valence-corrected chi connectivity index (χ3v) is 2.58. The fraction of sp³-hybridized carbons (Fsp3) is 0.300. The van der Waals surface area contributed by atoms with Gasteiger partial charge >= 0.3 is 5.97 Å². The number of nitrogens with one attached hydrogen (secondary N) is 1. The zero-order valence-corrected chi connectivity index (χ0v) is 10.4. The average Bonchev–Trinajstić information content (AvgIpc) is 2.80. The van der Waals surface area contributed by atoms with E-state index in [2.05, 4.69) is 20.3 Å². The van der Waals surface area contributed by atoms with Crippen LogP contribution >= 0.6 is 0 Å². The fourth-order valence-corrected chi connectivity index (χ4v) is 1.54. The summed E-state index contributed by atoms with van der Waals surface area (Å²) in [5.41, 5.74) is 11.7. The molecule has 10 nitrogen and oxygen atoms in total. The molecule has 106 valence electrons. The fourth-order valence-electron chi connectivity index (χ4n) is 1.54. The zero-order valence-electron chi connectivity index (χ0n) is 10.4. The van der Waals surface area contributed by atoms with Gasteiger partial charge in [0, 0.05) is 6.54 Å². The standard InChI is InChI=1S/C10H13N7O3/c11-5(10(19)20)1-13-6(18)2-17-4-16-7-8(12)14-3-15-9(7)17/h3-5H,1-2,11H2,(H,13,18)(H,19,20)(H2,12,14,15). The molecule has 0 fully saturated rings. The van der Waals surface area contributed by atoms with Crippen LogP contribution in [0.25, 0.3) is 11.2 Å². The lowest BCUT2D eigenvalue weighted by molar-refractivity contribution is -0.138. The molecule has 0 bridgehead atoms. The quantitative estimate of drug-likeness (QED) is 0.485. The summed E-state index contributed by atoms with van der Waals surface area (Å²) in [7, 11) is 0. The summed E-state index contributed by atoms with van der Waals surface area (Å²) in [5.74, 6) is -1.36. The van der Waals surface area contributed by atoms with Crippen LogP contribution in [-0.2, 0) is 16.1 Å². The van der Waals surface area contributed by atoms with Crippen molar-refractivity contribution < 1.29 is 14.7 Å². The van der Waals surface area contributed by atoms with Gasteiger partial charge in [0.15, 0.2) is 11.5 Å². The van der Waals surface area contributed by atoms with E-state index in [1.54, 1.807) is 0 Å². The van der Waals surface area contributed by atoms with Crippen molar-refractivity contribution in [1.82, 2.24) is 24.8 Å². The first-order chi connectivity index (χ1) is 9.49. The van der Waals surface area contributed by atoms with Crippen molar-refractivity contribution in [3.05, 3.63) is 12.7 Å². The molecule has 2 rings (SSSR count). The van der Waals surface area contributed by atoms with Gasteiger partial charge in [-0.1, -0.05) is 0 Å². The number of aliphatic carboxylic acids is 1. The van der Waals surface area contributed by atoms with E-state index in [0.29, 0.717) is 11.2 Å². The highest BCUT2D eigenvalue weighted by atomic mass is 16.4. The van der Waals surface area contributed by atoms with Crippen molar-refractivity contribution >= 4 is 28.9 Å². The molecule has 0 aliphatic rings. The lowest BCUT2D eigenvalue weighted by Gasteiger charge is -2.09. The summed E-state index contributed by atoms with van der Waals surface area (Å²) in [6.07, 6.45) is 2.68. The van der Waals surface area contributed by atoms with Gasteiger partial charge in [0.05, 0.1) is 6.33 Å². The van der Waals surface area contributed by atoms with Gasteiger partial charge in [-0.05, 0) is 0 Å². The van der Waals surface area contributed by atoms with E-state index in [-0.39, 0.29) is 18.9 Å². The Morgan fingerprint density at radius 3 is 2.85 bits per heavy atom. The number of imidazole rings is 1. The van der Waals surface area contributed by atoms with Crippen LogP contribution in [0.4, 0.5) is 5.82 Å². The van der Waals surface area contributed by atoms with Crippen LogP contribution in [0.2, 0.25) is 0 Å². The Labute approximate surface area is 112 Å². The van der Waals surface area contributed by atoms with E-state index in [1.165, 1.54) is 17.2 Å². The van der Waals surface area contributed by atoms with E-state index in [9.17, 15) is 9.59 Å². The molecule has 1 amide bonds. The van der Waals surface area contributed by atoms with Crippen LogP contribution in [-0.4, -0.2) is 49.1 Å². The minimum absolute atomic E-state index is 0.0701. The van der Waals surface area contributed by atoms with Gasteiger partial charge in [-0.2, -0.15) is 0 Å². The second-order valence-corrected chi connectivity index (χ2v) is 4.05. The predicted molar refractivity (Wildman–Crippen MR) is 68.4 cm³/mol. The molecule has 2 aromatic rings. The van der Waals surface area contributed by atoms with Crippen LogP contribution in [0.5, 0.6) is 0 Å². The number of nitrogens with zero attached hydrogens (tertiary/aromatic N) is 4. The van der Waals surface area contributed by atoms with E-state index in [0.717, 1.165) is 0 Å². The molecule has 2 heterocycles. The molecule has 0 aliphatic carbocycles. The number of carbonyl (C=O) groups is 2. The topological polar surface area (TPSA) is 162 Å². The van der Waals surface area contributed by atoms with E-state index < -0.39 is 17.9 Å².